The molecule has 3 N–H and O–H groups in total. The highest BCUT2D eigenvalue weighted by atomic mass is 32.2. The Morgan fingerprint density at radius 3 is 2.23 bits per heavy atom. The highest BCUT2D eigenvalue weighted by molar-refractivity contribution is 7.99. The molecule has 0 bridgehead atoms. The van der Waals surface area contributed by atoms with Crippen LogP contribution in [-0.2, 0) is 13.2 Å². The third-order valence-electron chi connectivity index (χ3n) is 3.11. The zero-order valence-electron chi connectivity index (χ0n) is 12.5. The van der Waals surface area contributed by atoms with Crippen molar-refractivity contribution >= 4 is 17.8 Å². The normalized spacial score (nSPS) is 10.3. The number of carbonyl (C=O) groups excluding carboxylic acids is 1. The summed E-state index contributed by atoms with van der Waals surface area (Å²) in [5, 5.41) is 15.0. The third kappa shape index (κ3) is 4.51. The molecule has 116 valence electrons. The van der Waals surface area contributed by atoms with Crippen LogP contribution in [0.15, 0.2) is 58.3 Å². The second-order valence-electron chi connectivity index (χ2n) is 4.69. The first-order valence-electron chi connectivity index (χ1n) is 7.20. The SMILES string of the molecule is CCNC(=O)NCc1ccccc1Sc1ccccc1CO. The molecule has 2 amide bonds. The lowest BCUT2D eigenvalue weighted by molar-refractivity contribution is 0.241. The van der Waals surface area contributed by atoms with Crippen LogP contribution in [0.3, 0.4) is 0 Å². The Morgan fingerprint density at radius 1 is 1.00 bits per heavy atom. The Bertz CT molecular complexity index is 632. The molecule has 0 saturated carbocycles. The largest absolute Gasteiger partial charge is 0.392 e. The van der Waals surface area contributed by atoms with E-state index in [4.69, 9.17) is 0 Å². The minimum atomic E-state index is -0.168. The van der Waals surface area contributed by atoms with Crippen molar-refractivity contribution in [2.75, 3.05) is 6.54 Å². The van der Waals surface area contributed by atoms with Gasteiger partial charge in [-0.2, -0.15) is 0 Å². The number of benzene rings is 2. The van der Waals surface area contributed by atoms with E-state index in [-0.39, 0.29) is 12.6 Å². The predicted molar refractivity (Wildman–Crippen MR) is 88.8 cm³/mol. The van der Waals surface area contributed by atoms with E-state index in [2.05, 4.69) is 10.6 Å². The van der Waals surface area contributed by atoms with E-state index in [1.807, 2.05) is 55.5 Å². The van der Waals surface area contributed by atoms with Crippen LogP contribution in [0.25, 0.3) is 0 Å². The summed E-state index contributed by atoms with van der Waals surface area (Å²) < 4.78 is 0. The van der Waals surface area contributed by atoms with Gasteiger partial charge in [0.05, 0.1) is 6.61 Å². The third-order valence-corrected chi connectivity index (χ3v) is 4.35. The van der Waals surface area contributed by atoms with E-state index in [1.165, 1.54) is 0 Å². The Balaban J connectivity index is 2.12. The van der Waals surface area contributed by atoms with Crippen molar-refractivity contribution in [2.45, 2.75) is 29.9 Å². The zero-order chi connectivity index (χ0) is 15.8. The molecule has 0 aliphatic heterocycles. The molecule has 0 aliphatic carbocycles. The predicted octanol–water partition coefficient (Wildman–Crippen LogP) is 3.15. The van der Waals surface area contributed by atoms with E-state index >= 15 is 0 Å². The molecule has 0 atom stereocenters. The molecule has 22 heavy (non-hydrogen) atoms. The van der Waals surface area contributed by atoms with Crippen molar-refractivity contribution in [3.63, 3.8) is 0 Å². The molecular weight excluding hydrogens is 296 g/mol. The standard InChI is InChI=1S/C17H20N2O2S/c1-2-18-17(21)19-11-13-7-3-5-9-15(13)22-16-10-6-4-8-14(16)12-20/h3-10,20H,2,11-12H2,1H3,(H2,18,19,21). The molecule has 0 radical (unpaired) electrons. The molecule has 4 nitrogen and oxygen atoms in total. The second kappa shape index (κ2) is 8.46. The molecule has 0 aromatic heterocycles. The van der Waals surface area contributed by atoms with Gasteiger partial charge in [-0.1, -0.05) is 48.2 Å². The van der Waals surface area contributed by atoms with Gasteiger partial charge in [-0.3, -0.25) is 0 Å². The van der Waals surface area contributed by atoms with Crippen molar-refractivity contribution in [2.24, 2.45) is 0 Å². The van der Waals surface area contributed by atoms with Crippen LogP contribution >= 0.6 is 11.8 Å². The van der Waals surface area contributed by atoms with Crippen LogP contribution in [-0.4, -0.2) is 17.7 Å². The Morgan fingerprint density at radius 2 is 1.59 bits per heavy atom. The first kappa shape index (κ1) is 16.4. The van der Waals surface area contributed by atoms with Gasteiger partial charge >= 0.3 is 6.03 Å². The van der Waals surface area contributed by atoms with Gasteiger partial charge in [0.2, 0.25) is 0 Å². The summed E-state index contributed by atoms with van der Waals surface area (Å²) in [7, 11) is 0. The fourth-order valence-electron chi connectivity index (χ4n) is 2.00. The zero-order valence-corrected chi connectivity index (χ0v) is 13.3. The first-order valence-corrected chi connectivity index (χ1v) is 8.02. The van der Waals surface area contributed by atoms with Crippen LogP contribution in [0.5, 0.6) is 0 Å². The molecule has 2 aromatic rings. The highest BCUT2D eigenvalue weighted by Gasteiger charge is 2.08. The quantitative estimate of drug-likeness (QED) is 0.767. The summed E-state index contributed by atoms with van der Waals surface area (Å²) in [5.74, 6) is 0. The molecule has 0 saturated heterocycles. The van der Waals surface area contributed by atoms with Crippen LogP contribution < -0.4 is 10.6 Å². The van der Waals surface area contributed by atoms with E-state index in [1.54, 1.807) is 11.8 Å². The number of rotatable bonds is 6. The molecule has 0 aliphatic rings. The topological polar surface area (TPSA) is 61.4 Å². The second-order valence-corrected chi connectivity index (χ2v) is 5.77. The van der Waals surface area contributed by atoms with Gasteiger partial charge in [-0.15, -0.1) is 0 Å². The maximum absolute atomic E-state index is 11.5. The van der Waals surface area contributed by atoms with Gasteiger partial charge < -0.3 is 15.7 Å². The van der Waals surface area contributed by atoms with Crippen molar-refractivity contribution < 1.29 is 9.90 Å². The summed E-state index contributed by atoms with van der Waals surface area (Å²) in [6.45, 7) is 2.97. The molecule has 0 heterocycles. The van der Waals surface area contributed by atoms with Gasteiger partial charge in [0.25, 0.3) is 0 Å². The number of nitrogens with one attached hydrogen (secondary N) is 2. The average Bonchev–Trinajstić information content (AvgIpc) is 2.55. The number of carbonyl (C=O) groups is 1. The summed E-state index contributed by atoms with van der Waals surface area (Å²) in [5.41, 5.74) is 1.95. The summed E-state index contributed by atoms with van der Waals surface area (Å²) in [6, 6.07) is 15.6. The lowest BCUT2D eigenvalue weighted by Gasteiger charge is -2.12. The molecule has 2 rings (SSSR count). The molecule has 2 aromatic carbocycles. The van der Waals surface area contributed by atoms with Crippen LogP contribution in [0, 0.1) is 0 Å². The van der Waals surface area contributed by atoms with Crippen molar-refractivity contribution in [1.29, 1.82) is 0 Å². The smallest absolute Gasteiger partial charge is 0.315 e. The van der Waals surface area contributed by atoms with Gasteiger partial charge in [0, 0.05) is 22.9 Å². The number of urea groups is 1. The summed E-state index contributed by atoms with van der Waals surface area (Å²) in [6.07, 6.45) is 0. The van der Waals surface area contributed by atoms with Crippen LogP contribution in [0.4, 0.5) is 4.79 Å². The molecule has 0 unspecified atom stereocenters. The fraction of sp³-hybridized carbons (Fsp3) is 0.235. The maximum atomic E-state index is 11.5. The van der Waals surface area contributed by atoms with Gasteiger partial charge in [-0.05, 0) is 30.2 Å². The number of amides is 2. The van der Waals surface area contributed by atoms with E-state index in [0.717, 1.165) is 20.9 Å². The van der Waals surface area contributed by atoms with Gasteiger partial charge in [0.15, 0.2) is 0 Å². The highest BCUT2D eigenvalue weighted by Crippen LogP contribution is 2.32. The van der Waals surface area contributed by atoms with Crippen LogP contribution in [0.1, 0.15) is 18.1 Å². The number of aliphatic hydroxyl groups excluding tert-OH is 1. The number of hydrogen-bond acceptors (Lipinski definition) is 3. The Labute approximate surface area is 134 Å². The Kier molecular flexibility index (Phi) is 6.30. The molecular formula is C17H20N2O2S. The maximum Gasteiger partial charge on any atom is 0.315 e. The minimum absolute atomic E-state index is 0.0164. The molecule has 5 heteroatoms. The van der Waals surface area contributed by atoms with Gasteiger partial charge in [0.1, 0.15) is 0 Å². The van der Waals surface area contributed by atoms with E-state index in [0.29, 0.717) is 13.1 Å². The van der Waals surface area contributed by atoms with Gasteiger partial charge in [-0.25, -0.2) is 4.79 Å². The fourth-order valence-corrected chi connectivity index (χ4v) is 3.07. The monoisotopic (exact) mass is 316 g/mol. The number of hydrogen-bond donors (Lipinski definition) is 3. The first-order chi connectivity index (χ1) is 10.7. The van der Waals surface area contributed by atoms with E-state index < -0.39 is 0 Å². The van der Waals surface area contributed by atoms with E-state index in [9.17, 15) is 9.90 Å². The summed E-state index contributed by atoms with van der Waals surface area (Å²) >= 11 is 1.60. The molecule has 0 fully saturated rings. The summed E-state index contributed by atoms with van der Waals surface area (Å²) in [4.78, 5) is 13.6. The number of aliphatic hydroxyl groups is 1. The van der Waals surface area contributed by atoms with Crippen molar-refractivity contribution in [3.05, 3.63) is 59.7 Å². The van der Waals surface area contributed by atoms with Crippen LogP contribution in [0.2, 0.25) is 0 Å². The average molecular weight is 316 g/mol. The lowest BCUT2D eigenvalue weighted by atomic mass is 10.2. The van der Waals surface area contributed by atoms with Crippen molar-refractivity contribution in [3.8, 4) is 0 Å². The lowest BCUT2D eigenvalue weighted by Crippen LogP contribution is -2.34. The Hall–Kier alpha value is -1.98. The minimum Gasteiger partial charge on any atom is -0.392 e. The molecule has 0 spiro atoms. The van der Waals surface area contributed by atoms with Crippen molar-refractivity contribution in [1.82, 2.24) is 10.6 Å².